The van der Waals surface area contributed by atoms with E-state index in [-0.39, 0.29) is 0 Å². The largest absolute Gasteiger partial charge is 0.456 e. The zero-order valence-corrected chi connectivity index (χ0v) is 65.5. The molecular weight excluding hydrogens is 1460 g/mol. The van der Waals surface area contributed by atoms with Gasteiger partial charge in [0.25, 0.3) is 0 Å². The van der Waals surface area contributed by atoms with Crippen LogP contribution in [-0.4, -0.2) is 4.57 Å². The van der Waals surface area contributed by atoms with Crippen molar-refractivity contribution in [3.05, 3.63) is 461 Å². The summed E-state index contributed by atoms with van der Waals surface area (Å²) in [5.74, 6) is 0. The Kier molecular flexibility index (Phi) is 17.8. The fraction of sp³-hybridized carbons (Fsp3) is 0. The molecule has 0 bridgehead atoms. The van der Waals surface area contributed by atoms with Crippen LogP contribution in [0.2, 0.25) is 0 Å². The van der Waals surface area contributed by atoms with Crippen LogP contribution in [0.1, 0.15) is 0 Å². The molecule has 3 aromatic heterocycles. The van der Waals surface area contributed by atoms with E-state index in [1.165, 1.54) is 27.4 Å². The lowest BCUT2D eigenvalue weighted by Crippen LogP contribution is -2.12. The summed E-state index contributed by atoms with van der Waals surface area (Å²) < 4.78 is 15.9. The minimum atomic E-state index is 0.841. The number of furan rings is 2. The van der Waals surface area contributed by atoms with Crippen LogP contribution in [-0.2, 0) is 0 Å². The number of rotatable bonds is 18. The summed E-state index contributed by atoms with van der Waals surface area (Å²) in [6.45, 7) is 0. The summed E-state index contributed by atoms with van der Waals surface area (Å²) in [6.07, 6.45) is 0. The van der Waals surface area contributed by atoms with Crippen molar-refractivity contribution >= 4 is 117 Å². The van der Waals surface area contributed by atoms with Crippen LogP contribution in [0.4, 0.5) is 51.2 Å². The number of fused-ring (bicyclic) bond motifs is 9. The van der Waals surface area contributed by atoms with Crippen LogP contribution >= 0.6 is 0 Å². The average Bonchev–Trinajstić information content (AvgIpc) is 1.56. The Hall–Kier alpha value is -16.0. The molecule has 6 heteroatoms. The van der Waals surface area contributed by atoms with Gasteiger partial charge < -0.3 is 28.1 Å². The number of para-hydroxylation sites is 6. The number of nitrogens with zero attached hydrogens (tertiary/aromatic N) is 4. The maximum absolute atomic E-state index is 6.92. The van der Waals surface area contributed by atoms with Gasteiger partial charge in [0, 0.05) is 72.4 Å². The van der Waals surface area contributed by atoms with Crippen LogP contribution in [0.5, 0.6) is 0 Å². The summed E-state index contributed by atoms with van der Waals surface area (Å²) in [6, 6.07) is 167. The van der Waals surface area contributed by atoms with Gasteiger partial charge >= 0.3 is 0 Å². The van der Waals surface area contributed by atoms with E-state index in [9.17, 15) is 0 Å². The summed E-state index contributed by atoms with van der Waals surface area (Å²) in [5.41, 5.74) is 34.0. The summed E-state index contributed by atoms with van der Waals surface area (Å²) in [7, 11) is 0. The fourth-order valence-electron chi connectivity index (χ4n) is 17.9. The summed E-state index contributed by atoms with van der Waals surface area (Å²) in [5, 5.41) is 6.73. The third kappa shape index (κ3) is 12.8. The normalized spacial score (nSPS) is 11.5. The van der Waals surface area contributed by atoms with Crippen LogP contribution in [0.3, 0.4) is 0 Å². The Balaban J connectivity index is 0.588. The zero-order chi connectivity index (χ0) is 79.4. The highest BCUT2D eigenvalue weighted by Crippen LogP contribution is 2.51. The van der Waals surface area contributed by atoms with Gasteiger partial charge in [-0.25, -0.2) is 0 Å². The Morgan fingerprint density at radius 2 is 0.508 bits per heavy atom. The SMILES string of the molecule is c1ccc(-c2ccc(N(c3cccc(-c4cccc(N(c5ccccc5-c5ccccc5)c5ccccc5-c5ccc(-c6ccc(-c7ccc(N(c8cccc(-c9cccc(-n%10c%11ccccc%11c%11ccccc%11%10)c9)c8)c8cccc9oc%10ccccc%10c89)cc7)cc6)cc5)c4)c3)c3ccc(-c4ccccc4)c4oc5ccccc5c34)cc2)cc1. The van der Waals surface area contributed by atoms with E-state index < -0.39 is 0 Å². The van der Waals surface area contributed by atoms with Crippen LogP contribution in [0.15, 0.2) is 470 Å². The van der Waals surface area contributed by atoms with E-state index in [1.54, 1.807) is 0 Å². The van der Waals surface area contributed by atoms with E-state index in [2.05, 4.69) is 474 Å². The van der Waals surface area contributed by atoms with Crippen molar-refractivity contribution in [3.8, 4) is 94.7 Å². The van der Waals surface area contributed by atoms with Crippen LogP contribution in [0.25, 0.3) is 160 Å². The highest BCUT2D eigenvalue weighted by Gasteiger charge is 2.27. The highest BCUT2D eigenvalue weighted by molar-refractivity contribution is 6.18. The first-order chi connectivity index (χ1) is 59.5. The Bertz CT molecular complexity index is 7520. The molecule has 0 saturated heterocycles. The van der Waals surface area contributed by atoms with Crippen LogP contribution in [0, 0.1) is 0 Å². The second-order valence-corrected chi connectivity index (χ2v) is 30.6. The predicted octanol–water partition coefficient (Wildman–Crippen LogP) is 32.3. The Morgan fingerprint density at radius 3 is 1.02 bits per heavy atom. The van der Waals surface area contributed by atoms with Gasteiger partial charge in [-0.15, -0.1) is 0 Å². The molecule has 0 radical (unpaired) electrons. The van der Waals surface area contributed by atoms with Crippen molar-refractivity contribution in [2.24, 2.45) is 0 Å². The van der Waals surface area contributed by atoms with Crippen molar-refractivity contribution in [1.82, 2.24) is 4.57 Å². The second-order valence-electron chi connectivity index (χ2n) is 30.6. The van der Waals surface area contributed by atoms with E-state index in [0.717, 1.165) is 184 Å². The lowest BCUT2D eigenvalue weighted by atomic mass is 9.96. The summed E-state index contributed by atoms with van der Waals surface area (Å²) >= 11 is 0. The van der Waals surface area contributed by atoms with Crippen molar-refractivity contribution in [1.29, 1.82) is 0 Å². The molecule has 22 aromatic rings. The van der Waals surface area contributed by atoms with Gasteiger partial charge in [0.1, 0.15) is 22.3 Å². The lowest BCUT2D eigenvalue weighted by molar-refractivity contribution is 0.669. The molecule has 6 nitrogen and oxygen atoms in total. The fourth-order valence-corrected chi connectivity index (χ4v) is 17.9. The molecule has 0 spiro atoms. The Morgan fingerprint density at radius 1 is 0.175 bits per heavy atom. The first kappa shape index (κ1) is 70.6. The third-order valence-corrected chi connectivity index (χ3v) is 23.6. The highest BCUT2D eigenvalue weighted by atomic mass is 16.3. The van der Waals surface area contributed by atoms with Gasteiger partial charge in [-0.3, -0.25) is 0 Å². The molecule has 120 heavy (non-hydrogen) atoms. The first-order valence-electron chi connectivity index (χ1n) is 40.9. The smallest absolute Gasteiger partial charge is 0.145 e. The molecule has 0 saturated carbocycles. The van der Waals surface area contributed by atoms with E-state index in [4.69, 9.17) is 8.83 Å². The van der Waals surface area contributed by atoms with Crippen molar-refractivity contribution < 1.29 is 8.83 Å². The Labute approximate surface area is 696 Å². The van der Waals surface area contributed by atoms with Gasteiger partial charge in [0.2, 0.25) is 0 Å². The van der Waals surface area contributed by atoms with Crippen molar-refractivity contribution in [3.63, 3.8) is 0 Å². The third-order valence-electron chi connectivity index (χ3n) is 23.6. The molecule has 22 rings (SSSR count). The van der Waals surface area contributed by atoms with Crippen molar-refractivity contribution in [2.45, 2.75) is 0 Å². The molecule has 0 atom stereocenters. The van der Waals surface area contributed by atoms with E-state index in [0.29, 0.717) is 0 Å². The minimum Gasteiger partial charge on any atom is -0.456 e. The average molecular weight is 1530 g/mol. The minimum absolute atomic E-state index is 0.841. The standard InChI is InChI=1S/C114H76N4O2/c1-4-27-77(28-5-1)81-63-67-91(68-64-81)116(108-72-71-98(84-31-8-3-9-32-84)114-113(108)102-46-15-21-53-110(102)120-114)93-38-23-34-87(74-93)88-35-24-39-94(75-88)117(103-47-16-10-41-96(103)83-29-6-2-7-30-83)104-48-17-11-42-97(104)85-61-59-80(60-62-85)78-55-57-79(58-56-78)82-65-69-90(70-66-82)115(107-51-26-54-111-112(107)101-45-14-20-52-109(101)119-111)92-37-22-33-86(73-92)89-36-25-40-95(76-89)118-105-49-18-12-43-99(105)100-44-13-19-50-106(100)118/h1-76H. The number of hydrogen-bond donors (Lipinski definition) is 0. The maximum Gasteiger partial charge on any atom is 0.145 e. The lowest BCUT2D eigenvalue weighted by Gasteiger charge is -2.30. The number of anilines is 9. The number of aromatic nitrogens is 1. The molecule has 0 N–H and O–H groups in total. The molecule has 0 amide bonds. The molecular formula is C114H76N4O2. The molecule has 0 fully saturated rings. The quantitative estimate of drug-likeness (QED) is 0.0856. The zero-order valence-electron chi connectivity index (χ0n) is 65.5. The van der Waals surface area contributed by atoms with Gasteiger partial charge in [-0.2, -0.15) is 0 Å². The van der Waals surface area contributed by atoms with Gasteiger partial charge in [0.15, 0.2) is 0 Å². The second kappa shape index (κ2) is 30.3. The predicted molar refractivity (Wildman–Crippen MR) is 503 cm³/mol. The summed E-state index contributed by atoms with van der Waals surface area (Å²) in [4.78, 5) is 7.23. The van der Waals surface area contributed by atoms with E-state index >= 15 is 0 Å². The molecule has 0 aliphatic heterocycles. The molecule has 564 valence electrons. The van der Waals surface area contributed by atoms with E-state index in [1.807, 2.05) is 6.07 Å². The van der Waals surface area contributed by atoms with Crippen molar-refractivity contribution in [2.75, 3.05) is 14.7 Å². The molecule has 0 unspecified atom stereocenters. The molecule has 3 heterocycles. The van der Waals surface area contributed by atoms with Gasteiger partial charge in [-0.05, 0) is 206 Å². The number of benzene rings is 19. The monoisotopic (exact) mass is 1530 g/mol. The van der Waals surface area contributed by atoms with Gasteiger partial charge in [-0.1, -0.05) is 328 Å². The topological polar surface area (TPSA) is 40.9 Å². The van der Waals surface area contributed by atoms with Crippen LogP contribution < -0.4 is 14.7 Å². The molecule has 0 aliphatic rings. The molecule has 0 aliphatic carbocycles. The number of hydrogen-bond acceptors (Lipinski definition) is 5. The first-order valence-corrected chi connectivity index (χ1v) is 40.9. The van der Waals surface area contributed by atoms with Gasteiger partial charge in [0.05, 0.1) is 44.6 Å². The maximum atomic E-state index is 6.92. The molecule has 19 aromatic carbocycles.